The van der Waals surface area contributed by atoms with Gasteiger partial charge >= 0.3 is 0 Å². The Morgan fingerprint density at radius 3 is 2.68 bits per heavy atom. The van der Waals surface area contributed by atoms with Crippen LogP contribution in [0.5, 0.6) is 0 Å². The van der Waals surface area contributed by atoms with E-state index < -0.39 is 16.6 Å². The van der Waals surface area contributed by atoms with Gasteiger partial charge < -0.3 is 16.0 Å². The first-order valence-electron chi connectivity index (χ1n) is 8.90. The fourth-order valence-corrected chi connectivity index (χ4v) is 3.22. The number of rotatable bonds is 5. The van der Waals surface area contributed by atoms with E-state index in [9.17, 15) is 19.3 Å². The summed E-state index contributed by atoms with van der Waals surface area (Å²) in [5.41, 5.74) is 1.91. The molecular formula is C19H20ClFN4O3. The minimum atomic E-state index is -0.580. The van der Waals surface area contributed by atoms with Gasteiger partial charge in [-0.05, 0) is 55.1 Å². The number of nitrogens with zero attached hydrogens (tertiary/aromatic N) is 1. The summed E-state index contributed by atoms with van der Waals surface area (Å²) in [5.74, 6) is -1.02. The van der Waals surface area contributed by atoms with E-state index in [1.807, 2.05) is 0 Å². The quantitative estimate of drug-likeness (QED) is 0.520. The second-order valence-electron chi connectivity index (χ2n) is 6.85. The van der Waals surface area contributed by atoms with Crippen LogP contribution in [-0.4, -0.2) is 23.4 Å². The molecule has 7 nitrogen and oxygen atoms in total. The third-order valence-corrected chi connectivity index (χ3v) is 4.85. The number of carbonyl (C=O) groups excluding carboxylic acids is 1. The number of halogens is 2. The van der Waals surface area contributed by atoms with Gasteiger partial charge in [0.05, 0.1) is 10.6 Å². The van der Waals surface area contributed by atoms with Gasteiger partial charge in [0.1, 0.15) is 11.5 Å². The molecule has 4 rings (SSSR count). The van der Waals surface area contributed by atoms with Crippen LogP contribution in [0.15, 0.2) is 30.3 Å². The van der Waals surface area contributed by atoms with Gasteiger partial charge in [-0.3, -0.25) is 14.9 Å². The number of nitrogens with one attached hydrogen (secondary N) is 3. The van der Waals surface area contributed by atoms with Crippen LogP contribution in [0, 0.1) is 15.9 Å². The molecule has 9 heteroatoms. The number of hydrogen-bond acceptors (Lipinski definition) is 5. The van der Waals surface area contributed by atoms with Crippen molar-refractivity contribution in [3.05, 3.63) is 63.0 Å². The molecule has 1 amide bonds. The first-order valence-corrected chi connectivity index (χ1v) is 8.90. The van der Waals surface area contributed by atoms with E-state index in [4.69, 9.17) is 0 Å². The Morgan fingerprint density at radius 1 is 1.21 bits per heavy atom. The Labute approximate surface area is 167 Å². The number of anilines is 2. The average Bonchev–Trinajstić information content (AvgIpc) is 3.48. The average molecular weight is 407 g/mol. The van der Waals surface area contributed by atoms with E-state index in [0.717, 1.165) is 18.4 Å². The van der Waals surface area contributed by atoms with Crippen molar-refractivity contribution in [2.24, 2.45) is 0 Å². The summed E-state index contributed by atoms with van der Waals surface area (Å²) in [6.07, 6.45) is 2.51. The van der Waals surface area contributed by atoms with E-state index in [-0.39, 0.29) is 35.4 Å². The second-order valence-corrected chi connectivity index (χ2v) is 6.85. The Bertz CT molecular complexity index is 934. The summed E-state index contributed by atoms with van der Waals surface area (Å²) < 4.78 is 14.7. The van der Waals surface area contributed by atoms with Crippen molar-refractivity contribution >= 4 is 35.4 Å². The highest BCUT2D eigenvalue weighted by atomic mass is 35.5. The maximum absolute atomic E-state index is 14.7. The van der Waals surface area contributed by atoms with Crippen molar-refractivity contribution in [1.29, 1.82) is 0 Å². The Morgan fingerprint density at radius 2 is 1.96 bits per heavy atom. The van der Waals surface area contributed by atoms with Crippen molar-refractivity contribution in [1.82, 2.24) is 5.32 Å². The summed E-state index contributed by atoms with van der Waals surface area (Å²) in [4.78, 5) is 23.3. The van der Waals surface area contributed by atoms with Crippen molar-refractivity contribution in [2.45, 2.75) is 31.8 Å². The Hall–Kier alpha value is -2.71. The molecule has 0 unspecified atom stereocenters. The van der Waals surface area contributed by atoms with E-state index in [1.54, 1.807) is 6.07 Å². The number of amides is 1. The molecule has 2 aromatic carbocycles. The minimum absolute atomic E-state index is 0. The fraction of sp³-hybridized carbons (Fsp3) is 0.316. The molecule has 2 aliphatic rings. The second kappa shape index (κ2) is 8.12. The van der Waals surface area contributed by atoms with Crippen LogP contribution in [0.2, 0.25) is 0 Å². The van der Waals surface area contributed by atoms with E-state index in [0.29, 0.717) is 30.8 Å². The first kappa shape index (κ1) is 20.0. The van der Waals surface area contributed by atoms with Crippen LogP contribution in [0.25, 0.3) is 0 Å². The Kier molecular flexibility index (Phi) is 5.81. The molecule has 0 atom stereocenters. The van der Waals surface area contributed by atoms with Crippen LogP contribution in [0.1, 0.15) is 34.3 Å². The SMILES string of the molecule is Cl.O=C(Nc1ccc2c(c1F)CCNC2)c1ccc(NC2CC2)c([N+](=O)[O-])c1. The number of nitro groups is 1. The smallest absolute Gasteiger partial charge is 0.293 e. The molecule has 1 fully saturated rings. The predicted molar refractivity (Wildman–Crippen MR) is 107 cm³/mol. The molecule has 0 bridgehead atoms. The molecule has 0 aromatic heterocycles. The van der Waals surface area contributed by atoms with Gasteiger partial charge in [0, 0.05) is 24.2 Å². The highest BCUT2D eigenvalue weighted by Crippen LogP contribution is 2.32. The van der Waals surface area contributed by atoms with Gasteiger partial charge in [0.25, 0.3) is 11.6 Å². The standard InChI is InChI=1S/C19H19FN4O3.ClH/c20-18-14-7-8-21-10-12(14)2-6-16(18)23-19(25)11-1-5-15(22-13-3-4-13)17(9-11)24(26)27;/h1-2,5-6,9,13,21-22H,3-4,7-8,10H2,(H,23,25);1H. The van der Waals surface area contributed by atoms with Gasteiger partial charge in [-0.1, -0.05) is 6.07 Å². The van der Waals surface area contributed by atoms with E-state index in [1.165, 1.54) is 24.3 Å². The number of benzene rings is 2. The summed E-state index contributed by atoms with van der Waals surface area (Å²) >= 11 is 0. The zero-order valence-corrected chi connectivity index (χ0v) is 15.8. The van der Waals surface area contributed by atoms with E-state index >= 15 is 0 Å². The molecule has 1 aliphatic carbocycles. The number of nitro benzene ring substituents is 1. The molecule has 148 valence electrons. The lowest BCUT2D eigenvalue weighted by Crippen LogP contribution is -2.25. The third-order valence-electron chi connectivity index (χ3n) is 4.85. The summed E-state index contributed by atoms with van der Waals surface area (Å²) in [6, 6.07) is 7.82. The first-order chi connectivity index (χ1) is 13.0. The van der Waals surface area contributed by atoms with Gasteiger partial charge in [0.2, 0.25) is 0 Å². The van der Waals surface area contributed by atoms with Crippen LogP contribution < -0.4 is 16.0 Å². The highest BCUT2D eigenvalue weighted by Gasteiger charge is 2.26. The van der Waals surface area contributed by atoms with Crippen LogP contribution >= 0.6 is 12.4 Å². The maximum atomic E-state index is 14.7. The summed E-state index contributed by atoms with van der Waals surface area (Å²) in [6.45, 7) is 1.28. The van der Waals surface area contributed by atoms with E-state index in [2.05, 4.69) is 16.0 Å². The van der Waals surface area contributed by atoms with Crippen LogP contribution in [0.4, 0.5) is 21.5 Å². The lowest BCUT2D eigenvalue weighted by molar-refractivity contribution is -0.384. The Balaban J connectivity index is 0.00000225. The predicted octanol–water partition coefficient (Wildman–Crippen LogP) is 3.63. The molecule has 1 aliphatic heterocycles. The van der Waals surface area contributed by atoms with Gasteiger partial charge in [-0.15, -0.1) is 12.4 Å². The molecule has 3 N–H and O–H groups in total. The summed E-state index contributed by atoms with van der Waals surface area (Å²) in [7, 11) is 0. The molecule has 1 heterocycles. The van der Waals surface area contributed by atoms with Crippen molar-refractivity contribution < 1.29 is 14.1 Å². The van der Waals surface area contributed by atoms with Gasteiger partial charge in [-0.2, -0.15) is 0 Å². The van der Waals surface area contributed by atoms with Crippen LogP contribution in [-0.2, 0) is 13.0 Å². The normalized spacial score (nSPS) is 15.2. The number of fused-ring (bicyclic) bond motifs is 1. The molecule has 28 heavy (non-hydrogen) atoms. The number of carbonyl (C=O) groups is 1. The molecule has 0 spiro atoms. The lowest BCUT2D eigenvalue weighted by Gasteiger charge is -2.19. The lowest BCUT2D eigenvalue weighted by atomic mass is 9.99. The fourth-order valence-electron chi connectivity index (χ4n) is 3.22. The van der Waals surface area contributed by atoms with Crippen LogP contribution in [0.3, 0.4) is 0 Å². The number of hydrogen-bond donors (Lipinski definition) is 3. The highest BCUT2D eigenvalue weighted by molar-refractivity contribution is 6.05. The monoisotopic (exact) mass is 406 g/mol. The molecule has 0 radical (unpaired) electrons. The largest absolute Gasteiger partial charge is 0.377 e. The topological polar surface area (TPSA) is 96.3 Å². The zero-order chi connectivity index (χ0) is 19.0. The van der Waals surface area contributed by atoms with Gasteiger partial charge in [0.15, 0.2) is 0 Å². The zero-order valence-electron chi connectivity index (χ0n) is 15.0. The third kappa shape index (κ3) is 4.07. The summed E-state index contributed by atoms with van der Waals surface area (Å²) in [5, 5.41) is 20.1. The van der Waals surface area contributed by atoms with Crippen molar-refractivity contribution in [2.75, 3.05) is 17.2 Å². The van der Waals surface area contributed by atoms with Crippen molar-refractivity contribution in [3.8, 4) is 0 Å². The minimum Gasteiger partial charge on any atom is -0.377 e. The molecule has 1 saturated carbocycles. The maximum Gasteiger partial charge on any atom is 0.293 e. The van der Waals surface area contributed by atoms with Crippen molar-refractivity contribution in [3.63, 3.8) is 0 Å². The molecule has 2 aromatic rings. The molecule has 0 saturated heterocycles. The molecular weight excluding hydrogens is 387 g/mol. The van der Waals surface area contributed by atoms with Gasteiger partial charge in [-0.25, -0.2) is 4.39 Å².